The van der Waals surface area contributed by atoms with E-state index in [1.54, 1.807) is 23.6 Å². The van der Waals surface area contributed by atoms with Crippen LogP contribution in [0.25, 0.3) is 27.9 Å². The molecule has 178 valence electrons. The minimum atomic E-state index is -0.538. The molecule has 0 aliphatic heterocycles. The second-order valence-electron chi connectivity index (χ2n) is 8.67. The zero-order chi connectivity index (χ0) is 24.1. The van der Waals surface area contributed by atoms with E-state index in [1.165, 1.54) is 31.7 Å². The summed E-state index contributed by atoms with van der Waals surface area (Å²) in [5.74, 6) is -0.766. The number of ether oxygens (including phenoxy) is 1. The van der Waals surface area contributed by atoms with Crippen molar-refractivity contribution in [3.63, 3.8) is 0 Å². The average Bonchev–Trinajstić information content (AvgIpc) is 3.11. The summed E-state index contributed by atoms with van der Waals surface area (Å²) in [6, 6.07) is 12.2. The topological polar surface area (TPSA) is 83.0 Å². The average molecular weight is 463 g/mol. The van der Waals surface area contributed by atoms with Gasteiger partial charge in [0, 0.05) is 0 Å². The lowest BCUT2D eigenvalue weighted by atomic mass is 10.1. The van der Waals surface area contributed by atoms with Crippen LogP contribution in [0.2, 0.25) is 0 Å². The van der Waals surface area contributed by atoms with Gasteiger partial charge in [-0.1, -0.05) is 63.6 Å². The highest BCUT2D eigenvalue weighted by Crippen LogP contribution is 2.32. The summed E-state index contributed by atoms with van der Waals surface area (Å²) in [6.07, 6.45) is 7.89. The molecule has 0 unspecified atom stereocenters. The lowest BCUT2D eigenvalue weighted by Gasteiger charge is -2.09. The molecule has 0 fully saturated rings. The quantitative estimate of drug-likeness (QED) is 0.214. The van der Waals surface area contributed by atoms with Gasteiger partial charge in [0.15, 0.2) is 5.65 Å². The number of hydrogen-bond donors (Lipinski definition) is 1. The first-order chi connectivity index (χ1) is 16.5. The normalized spacial score (nSPS) is 11.4. The number of nitrogens with two attached hydrogens (primary N) is 1. The predicted molar refractivity (Wildman–Crippen MR) is 134 cm³/mol. The lowest BCUT2D eigenvalue weighted by Crippen LogP contribution is -2.10. The van der Waals surface area contributed by atoms with Crippen LogP contribution < -0.4 is 5.73 Å². The van der Waals surface area contributed by atoms with Gasteiger partial charge in [0.05, 0.1) is 23.3 Å². The van der Waals surface area contributed by atoms with Crippen molar-refractivity contribution in [3.05, 3.63) is 59.4 Å². The Bertz CT molecular complexity index is 1320. The molecule has 0 radical (unpaired) electrons. The molecule has 0 atom stereocenters. The number of unbranched alkanes of at least 4 members (excludes halogenated alkanes) is 6. The van der Waals surface area contributed by atoms with Gasteiger partial charge in [0.2, 0.25) is 0 Å². The summed E-state index contributed by atoms with van der Waals surface area (Å²) in [5.41, 5.74) is 9.65. The van der Waals surface area contributed by atoms with E-state index in [1.807, 2.05) is 24.3 Å². The third-order valence-electron chi connectivity index (χ3n) is 6.10. The summed E-state index contributed by atoms with van der Waals surface area (Å²) in [4.78, 5) is 22.5. The van der Waals surface area contributed by atoms with Crippen molar-refractivity contribution >= 4 is 34.0 Å². The maximum atomic E-state index is 14.4. The highest BCUT2D eigenvalue weighted by molar-refractivity contribution is 6.09. The molecule has 0 amide bonds. The molecule has 0 saturated heterocycles. The van der Waals surface area contributed by atoms with E-state index in [-0.39, 0.29) is 17.2 Å². The number of hydrogen-bond acceptors (Lipinski definition) is 5. The Balaban J connectivity index is 1.64. The Morgan fingerprint density at radius 2 is 1.68 bits per heavy atom. The molecule has 0 saturated carbocycles. The van der Waals surface area contributed by atoms with Crippen LogP contribution in [-0.2, 0) is 4.74 Å². The summed E-state index contributed by atoms with van der Waals surface area (Å²) >= 11 is 0. The van der Waals surface area contributed by atoms with Gasteiger partial charge in [-0.2, -0.15) is 0 Å². The van der Waals surface area contributed by atoms with Crippen LogP contribution in [-0.4, -0.2) is 27.1 Å². The third-order valence-corrected chi connectivity index (χ3v) is 6.10. The number of para-hydroxylation sites is 2. The second-order valence-corrected chi connectivity index (χ2v) is 8.67. The monoisotopic (exact) mass is 462 g/mol. The number of nitrogen functional groups attached to an aromatic ring is 1. The van der Waals surface area contributed by atoms with Crippen LogP contribution in [0.15, 0.2) is 42.5 Å². The zero-order valence-electron chi connectivity index (χ0n) is 19.8. The molecule has 4 rings (SSSR count). The lowest BCUT2D eigenvalue weighted by molar-refractivity contribution is 0.0501. The fourth-order valence-corrected chi connectivity index (χ4v) is 4.14. The van der Waals surface area contributed by atoms with E-state index in [4.69, 9.17) is 15.5 Å². The molecule has 0 spiro atoms. The van der Waals surface area contributed by atoms with Gasteiger partial charge in [-0.15, -0.1) is 0 Å². The smallest absolute Gasteiger partial charge is 0.344 e. The number of carbonyl (C=O) groups excluding carboxylic acids is 1. The number of aromatic nitrogens is 3. The molecule has 4 aromatic rings. The van der Waals surface area contributed by atoms with Crippen molar-refractivity contribution in [2.75, 3.05) is 12.3 Å². The number of anilines is 1. The van der Waals surface area contributed by atoms with Crippen LogP contribution in [0.4, 0.5) is 10.2 Å². The zero-order valence-corrected chi connectivity index (χ0v) is 19.8. The molecule has 2 aromatic carbocycles. The molecular formula is C27H31FN4O2. The molecule has 6 nitrogen and oxygen atoms in total. The van der Waals surface area contributed by atoms with Crippen LogP contribution >= 0.6 is 0 Å². The van der Waals surface area contributed by atoms with Crippen molar-refractivity contribution < 1.29 is 13.9 Å². The van der Waals surface area contributed by atoms with Gasteiger partial charge < -0.3 is 10.5 Å². The number of carbonyl (C=O) groups is 1. The summed E-state index contributed by atoms with van der Waals surface area (Å²) in [6.45, 7) is 4.21. The largest absolute Gasteiger partial charge is 0.462 e. The molecule has 34 heavy (non-hydrogen) atoms. The van der Waals surface area contributed by atoms with E-state index in [2.05, 4.69) is 11.9 Å². The highest BCUT2D eigenvalue weighted by atomic mass is 19.1. The van der Waals surface area contributed by atoms with Crippen LogP contribution in [0.3, 0.4) is 0 Å². The van der Waals surface area contributed by atoms with Crippen molar-refractivity contribution in [3.8, 4) is 5.69 Å². The standard InChI is InChI=1S/C27H31FN4O2/c1-3-4-5-6-7-8-11-16-34-27(33)23-24-26(31-22-13-10-9-12-21(22)30-24)32(25(23)29)19-15-14-18(2)20(28)17-19/h9-10,12-15,17H,3-8,11,16,29H2,1-2H3. The Kier molecular flexibility index (Phi) is 7.40. The first-order valence-corrected chi connectivity index (χ1v) is 12.0. The fourth-order valence-electron chi connectivity index (χ4n) is 4.14. The van der Waals surface area contributed by atoms with E-state index >= 15 is 0 Å². The van der Waals surface area contributed by atoms with Gasteiger partial charge in [-0.25, -0.2) is 19.2 Å². The minimum absolute atomic E-state index is 0.137. The van der Waals surface area contributed by atoms with Crippen LogP contribution in [0.5, 0.6) is 0 Å². The maximum Gasteiger partial charge on any atom is 0.344 e. The molecule has 2 heterocycles. The molecule has 7 heteroatoms. The van der Waals surface area contributed by atoms with E-state index < -0.39 is 5.97 Å². The first-order valence-electron chi connectivity index (χ1n) is 12.0. The van der Waals surface area contributed by atoms with E-state index in [9.17, 15) is 9.18 Å². The number of nitrogens with zero attached hydrogens (tertiary/aromatic N) is 3. The summed E-state index contributed by atoms with van der Waals surface area (Å²) < 4.78 is 21.5. The van der Waals surface area contributed by atoms with Gasteiger partial charge in [0.25, 0.3) is 0 Å². The van der Waals surface area contributed by atoms with Gasteiger partial charge in [-0.05, 0) is 43.2 Å². The Morgan fingerprint density at radius 1 is 1.00 bits per heavy atom. The second kappa shape index (κ2) is 10.6. The molecule has 0 aliphatic rings. The Hall–Kier alpha value is -3.48. The SMILES string of the molecule is CCCCCCCCCOC(=O)c1c(N)n(-c2ccc(C)c(F)c2)c2nc3ccccc3nc12. The number of halogens is 1. The van der Waals surface area contributed by atoms with Crippen molar-refractivity contribution in [2.24, 2.45) is 0 Å². The van der Waals surface area contributed by atoms with Gasteiger partial charge in [-0.3, -0.25) is 4.57 Å². The molecule has 2 N–H and O–H groups in total. The fraction of sp³-hybridized carbons (Fsp3) is 0.370. The van der Waals surface area contributed by atoms with Crippen LogP contribution in [0, 0.1) is 12.7 Å². The maximum absolute atomic E-state index is 14.4. The summed E-state index contributed by atoms with van der Waals surface area (Å²) in [7, 11) is 0. The number of fused-ring (bicyclic) bond motifs is 2. The van der Waals surface area contributed by atoms with Gasteiger partial charge >= 0.3 is 5.97 Å². The predicted octanol–water partition coefficient (Wildman–Crippen LogP) is 6.51. The van der Waals surface area contributed by atoms with E-state index in [0.717, 1.165) is 19.3 Å². The first kappa shape index (κ1) is 23.7. The number of aryl methyl sites for hydroxylation is 1. The summed E-state index contributed by atoms with van der Waals surface area (Å²) in [5, 5.41) is 0. The number of esters is 1. The Labute approximate surface area is 199 Å². The third kappa shape index (κ3) is 4.88. The van der Waals surface area contributed by atoms with Gasteiger partial charge in [0.1, 0.15) is 22.7 Å². The Morgan fingerprint density at radius 3 is 2.38 bits per heavy atom. The minimum Gasteiger partial charge on any atom is -0.462 e. The molecule has 0 bridgehead atoms. The van der Waals surface area contributed by atoms with Crippen molar-refractivity contribution in [2.45, 2.75) is 58.8 Å². The highest BCUT2D eigenvalue weighted by Gasteiger charge is 2.26. The molecular weight excluding hydrogens is 431 g/mol. The molecule has 2 aromatic heterocycles. The number of rotatable bonds is 10. The van der Waals surface area contributed by atoms with E-state index in [0.29, 0.717) is 40.1 Å². The number of benzene rings is 2. The molecule has 0 aliphatic carbocycles. The van der Waals surface area contributed by atoms with Crippen molar-refractivity contribution in [1.29, 1.82) is 0 Å². The van der Waals surface area contributed by atoms with Crippen LogP contribution in [0.1, 0.15) is 67.8 Å². The van der Waals surface area contributed by atoms with Crippen molar-refractivity contribution in [1.82, 2.24) is 14.5 Å².